The number of rotatable bonds is 4. The monoisotopic (exact) mass is 387 g/mol. The van der Waals surface area contributed by atoms with Gasteiger partial charge in [-0.2, -0.15) is 17.7 Å². The summed E-state index contributed by atoms with van der Waals surface area (Å²) in [6, 6.07) is 11.6. The number of anilines is 2. The van der Waals surface area contributed by atoms with E-state index in [1.54, 1.807) is 30.5 Å². The average molecular weight is 387 g/mol. The third kappa shape index (κ3) is 3.54. The van der Waals surface area contributed by atoms with E-state index >= 15 is 0 Å². The molecule has 4 rings (SSSR count). The number of nitrogens with one attached hydrogen (secondary N) is 1. The summed E-state index contributed by atoms with van der Waals surface area (Å²) in [5, 5.41) is 13.5. The van der Waals surface area contributed by atoms with Gasteiger partial charge in [0.25, 0.3) is 5.82 Å². The molecule has 1 aromatic carbocycles. The average Bonchev–Trinajstić information content (AvgIpc) is 3.08. The molecular weight excluding hydrogens is 375 g/mol. The summed E-state index contributed by atoms with van der Waals surface area (Å²) in [4.78, 5) is 15.4. The molecule has 0 atom stereocenters. The van der Waals surface area contributed by atoms with Crippen LogP contribution in [0.3, 0.4) is 0 Å². The number of alkyl halides is 3. The Morgan fingerprint density at radius 1 is 1.07 bits per heavy atom. The molecule has 4 aromatic rings. The van der Waals surface area contributed by atoms with Gasteiger partial charge >= 0.3 is 11.9 Å². The van der Waals surface area contributed by atoms with E-state index in [4.69, 9.17) is 0 Å². The fourth-order valence-corrected chi connectivity index (χ4v) is 2.63. The number of fused-ring (bicyclic) bond motifs is 1. The van der Waals surface area contributed by atoms with Gasteiger partial charge in [0.2, 0.25) is 0 Å². The Bertz CT molecular complexity index is 1200. The van der Waals surface area contributed by atoms with E-state index in [-0.39, 0.29) is 17.2 Å². The van der Waals surface area contributed by atoms with E-state index in [2.05, 4.69) is 25.6 Å². The second-order valence-corrected chi connectivity index (χ2v) is 5.87. The molecule has 0 saturated carbocycles. The Hall–Kier alpha value is -3.76. The molecule has 0 bridgehead atoms. The van der Waals surface area contributed by atoms with Crippen molar-refractivity contribution in [3.05, 3.63) is 76.7 Å². The van der Waals surface area contributed by atoms with Gasteiger partial charge in [-0.15, -0.1) is 15.3 Å². The lowest BCUT2D eigenvalue weighted by Gasteiger charge is -2.10. The topological polar surface area (TPSA) is 90.0 Å². The van der Waals surface area contributed by atoms with Crippen LogP contribution in [0.1, 0.15) is 11.4 Å². The molecule has 0 aliphatic carbocycles. The van der Waals surface area contributed by atoms with Gasteiger partial charge in [-0.05, 0) is 35.9 Å². The van der Waals surface area contributed by atoms with Crippen molar-refractivity contribution < 1.29 is 13.2 Å². The van der Waals surface area contributed by atoms with Crippen LogP contribution in [0.15, 0.2) is 59.7 Å². The quantitative estimate of drug-likeness (QED) is 0.579. The van der Waals surface area contributed by atoms with Crippen molar-refractivity contribution in [2.24, 2.45) is 0 Å². The van der Waals surface area contributed by atoms with E-state index in [9.17, 15) is 18.0 Å². The van der Waals surface area contributed by atoms with Crippen LogP contribution in [-0.2, 0) is 12.7 Å². The van der Waals surface area contributed by atoms with Crippen LogP contribution in [0.25, 0.3) is 5.65 Å². The van der Waals surface area contributed by atoms with Crippen LogP contribution in [0.4, 0.5) is 24.7 Å². The predicted octanol–water partition coefficient (Wildman–Crippen LogP) is 2.49. The first-order chi connectivity index (χ1) is 13.4. The number of halogens is 3. The number of hydrogen-bond donors (Lipinski definition) is 1. The highest BCUT2D eigenvalue weighted by Gasteiger charge is 2.37. The van der Waals surface area contributed by atoms with E-state index in [0.29, 0.717) is 16.7 Å². The molecule has 142 valence electrons. The Balaban J connectivity index is 1.61. The molecule has 0 unspecified atom stereocenters. The molecule has 0 radical (unpaired) electrons. The zero-order chi connectivity index (χ0) is 19.7. The van der Waals surface area contributed by atoms with Crippen molar-refractivity contribution in [3.63, 3.8) is 0 Å². The highest BCUT2D eigenvalue weighted by molar-refractivity contribution is 5.58. The van der Waals surface area contributed by atoms with Gasteiger partial charge in [0.05, 0.1) is 6.54 Å². The third-order valence-electron chi connectivity index (χ3n) is 3.85. The Labute approximate surface area is 155 Å². The molecule has 8 nitrogen and oxygen atoms in total. The molecule has 11 heteroatoms. The lowest BCUT2D eigenvalue weighted by atomic mass is 10.2. The van der Waals surface area contributed by atoms with Crippen LogP contribution < -0.4 is 11.0 Å². The molecule has 0 amide bonds. The Morgan fingerprint density at radius 2 is 1.93 bits per heavy atom. The minimum atomic E-state index is -4.66. The maximum absolute atomic E-state index is 13.0. The molecule has 0 spiro atoms. The molecule has 3 aromatic heterocycles. The second kappa shape index (κ2) is 6.76. The lowest BCUT2D eigenvalue weighted by Crippen LogP contribution is -2.21. The predicted molar refractivity (Wildman–Crippen MR) is 93.1 cm³/mol. The molecule has 0 fully saturated rings. The summed E-state index contributed by atoms with van der Waals surface area (Å²) < 4.78 is 41.0. The van der Waals surface area contributed by atoms with Gasteiger partial charge in [0, 0.05) is 18.1 Å². The molecule has 1 N–H and O–H groups in total. The highest BCUT2D eigenvalue weighted by Crippen LogP contribution is 2.28. The molecule has 3 heterocycles. The van der Waals surface area contributed by atoms with Crippen LogP contribution in [0.2, 0.25) is 0 Å². The minimum Gasteiger partial charge on any atom is -0.339 e. The van der Waals surface area contributed by atoms with Crippen LogP contribution >= 0.6 is 0 Å². The van der Waals surface area contributed by atoms with Gasteiger partial charge in [0.1, 0.15) is 0 Å². The fraction of sp³-hybridized carbons (Fsp3) is 0.118. The van der Waals surface area contributed by atoms with Crippen LogP contribution in [0.5, 0.6) is 0 Å². The smallest absolute Gasteiger partial charge is 0.339 e. The number of hydrogen-bond acceptors (Lipinski definition) is 6. The highest BCUT2D eigenvalue weighted by atomic mass is 19.4. The summed E-state index contributed by atoms with van der Waals surface area (Å²) in [6.07, 6.45) is -1.63. The number of aromatic nitrogens is 6. The summed E-state index contributed by atoms with van der Waals surface area (Å²) in [6.45, 7) is 0.304. The second-order valence-electron chi connectivity index (χ2n) is 5.87. The van der Waals surface area contributed by atoms with E-state index in [0.717, 1.165) is 5.56 Å². The van der Waals surface area contributed by atoms with Gasteiger partial charge in [-0.25, -0.2) is 9.78 Å². The maximum atomic E-state index is 13.0. The van der Waals surface area contributed by atoms with Gasteiger partial charge in [-0.3, -0.25) is 4.57 Å². The van der Waals surface area contributed by atoms with Crippen molar-refractivity contribution in [3.8, 4) is 0 Å². The first-order valence-electron chi connectivity index (χ1n) is 8.07. The molecule has 0 aliphatic rings. The summed E-state index contributed by atoms with van der Waals surface area (Å²) in [5.74, 6) is -1.01. The molecular formula is C17H12F3N7O. The molecule has 0 aliphatic heterocycles. The lowest BCUT2D eigenvalue weighted by molar-refractivity contribution is -0.146. The van der Waals surface area contributed by atoms with Gasteiger partial charge in [-0.1, -0.05) is 12.1 Å². The largest absolute Gasteiger partial charge is 0.453 e. The fourth-order valence-electron chi connectivity index (χ4n) is 2.63. The van der Waals surface area contributed by atoms with E-state index < -0.39 is 12.0 Å². The Morgan fingerprint density at radius 3 is 2.71 bits per heavy atom. The molecule has 0 saturated heterocycles. The first-order valence-corrected chi connectivity index (χ1v) is 8.07. The van der Waals surface area contributed by atoms with Crippen molar-refractivity contribution in [2.75, 3.05) is 5.32 Å². The Kier molecular flexibility index (Phi) is 4.26. The van der Waals surface area contributed by atoms with Crippen LogP contribution in [-0.4, -0.2) is 29.4 Å². The first kappa shape index (κ1) is 17.6. The molecule has 28 heavy (non-hydrogen) atoms. The van der Waals surface area contributed by atoms with Gasteiger partial charge in [0.15, 0.2) is 11.5 Å². The number of benzene rings is 1. The standard InChI is InChI=1S/C17H12F3N7O/c18-17(19,20)15-24-23-14-6-5-13(25-27(14)15)22-12-4-1-3-11(9-12)10-26-8-2-7-21-16(26)28/h1-9H,10H2,(H,22,25). The summed E-state index contributed by atoms with van der Waals surface area (Å²) in [5.41, 5.74) is 1.02. The van der Waals surface area contributed by atoms with E-state index in [1.165, 1.54) is 22.9 Å². The number of nitrogens with zero attached hydrogens (tertiary/aromatic N) is 6. The van der Waals surface area contributed by atoms with Crippen LogP contribution in [0, 0.1) is 0 Å². The van der Waals surface area contributed by atoms with Crippen molar-refractivity contribution >= 4 is 17.2 Å². The van der Waals surface area contributed by atoms with Crippen molar-refractivity contribution in [1.29, 1.82) is 0 Å². The van der Waals surface area contributed by atoms with Gasteiger partial charge < -0.3 is 5.32 Å². The zero-order valence-corrected chi connectivity index (χ0v) is 14.1. The normalized spacial score (nSPS) is 11.7. The van der Waals surface area contributed by atoms with Crippen molar-refractivity contribution in [1.82, 2.24) is 29.4 Å². The third-order valence-corrected chi connectivity index (χ3v) is 3.85. The van der Waals surface area contributed by atoms with E-state index in [1.807, 2.05) is 6.07 Å². The SMILES string of the molecule is O=c1ncccn1Cc1cccc(Nc2ccc3nnc(C(F)(F)F)n3n2)c1. The summed E-state index contributed by atoms with van der Waals surface area (Å²) in [7, 11) is 0. The summed E-state index contributed by atoms with van der Waals surface area (Å²) >= 11 is 0. The maximum Gasteiger partial charge on any atom is 0.453 e. The zero-order valence-electron chi connectivity index (χ0n) is 14.1. The van der Waals surface area contributed by atoms with Crippen molar-refractivity contribution in [2.45, 2.75) is 12.7 Å². The minimum absolute atomic E-state index is 0.0115.